The molecule has 0 amide bonds. The van der Waals surface area contributed by atoms with Crippen LogP contribution in [0.5, 0.6) is 0 Å². The summed E-state index contributed by atoms with van der Waals surface area (Å²) in [5, 5.41) is 0. The minimum atomic E-state index is -0.995. The standard InChI is InChI=1S/C11H20NO5P/c1-6-9-11(17-18(16-9)12(3)4)10-8(14-6)5-13-7(2)15-10/h6-11H,5H2,1-4H3/t6?,7?,8?,9-,10-,11-,18?/m1/s1. The van der Waals surface area contributed by atoms with Crippen molar-refractivity contribution >= 4 is 8.53 Å². The van der Waals surface area contributed by atoms with Gasteiger partial charge < -0.3 is 23.3 Å². The zero-order valence-electron chi connectivity index (χ0n) is 11.1. The van der Waals surface area contributed by atoms with Gasteiger partial charge in [-0.3, -0.25) is 0 Å². The summed E-state index contributed by atoms with van der Waals surface area (Å²) in [6.45, 7) is 4.47. The second-order valence-electron chi connectivity index (χ2n) is 5.11. The first-order valence-corrected chi connectivity index (χ1v) is 7.42. The van der Waals surface area contributed by atoms with E-state index in [0.29, 0.717) is 6.61 Å². The molecule has 104 valence electrons. The average Bonchev–Trinajstić information content (AvgIpc) is 2.76. The van der Waals surface area contributed by atoms with Gasteiger partial charge in [0.1, 0.15) is 24.4 Å². The average molecular weight is 277 g/mol. The third-order valence-corrected chi connectivity index (χ3v) is 4.96. The van der Waals surface area contributed by atoms with E-state index in [1.807, 2.05) is 32.6 Å². The van der Waals surface area contributed by atoms with Gasteiger partial charge in [-0.1, -0.05) is 0 Å². The summed E-state index contributed by atoms with van der Waals surface area (Å²) >= 11 is 0. The van der Waals surface area contributed by atoms with Gasteiger partial charge in [0.05, 0.1) is 12.7 Å². The summed E-state index contributed by atoms with van der Waals surface area (Å²) < 4.78 is 31.1. The van der Waals surface area contributed by atoms with Crippen molar-refractivity contribution in [3.05, 3.63) is 0 Å². The molecule has 3 rings (SSSR count). The van der Waals surface area contributed by atoms with Gasteiger partial charge in [-0.15, -0.1) is 0 Å². The van der Waals surface area contributed by atoms with Crippen molar-refractivity contribution < 1.29 is 23.3 Å². The quantitative estimate of drug-likeness (QED) is 0.669. The molecule has 0 spiro atoms. The molecule has 3 aliphatic heterocycles. The van der Waals surface area contributed by atoms with Gasteiger partial charge in [-0.25, -0.2) is 4.67 Å². The Kier molecular flexibility index (Phi) is 3.62. The van der Waals surface area contributed by atoms with Crippen molar-refractivity contribution in [2.45, 2.75) is 50.7 Å². The van der Waals surface area contributed by atoms with Crippen LogP contribution in [0.1, 0.15) is 13.8 Å². The van der Waals surface area contributed by atoms with E-state index >= 15 is 0 Å². The van der Waals surface area contributed by atoms with Crippen LogP contribution >= 0.6 is 8.53 Å². The fourth-order valence-corrected chi connectivity index (χ4v) is 3.95. The maximum Gasteiger partial charge on any atom is 0.259 e. The van der Waals surface area contributed by atoms with E-state index in [2.05, 4.69) is 0 Å². The molecule has 0 aromatic carbocycles. The molecule has 0 bridgehead atoms. The van der Waals surface area contributed by atoms with Gasteiger partial charge >= 0.3 is 0 Å². The van der Waals surface area contributed by atoms with Crippen LogP contribution < -0.4 is 0 Å². The lowest BCUT2D eigenvalue weighted by atomic mass is 9.95. The molecule has 0 aliphatic carbocycles. The van der Waals surface area contributed by atoms with E-state index in [1.54, 1.807) is 0 Å². The maximum absolute atomic E-state index is 6.02. The molecule has 0 radical (unpaired) electrons. The summed E-state index contributed by atoms with van der Waals surface area (Å²) in [5.41, 5.74) is 0. The van der Waals surface area contributed by atoms with Crippen LogP contribution in [0.15, 0.2) is 0 Å². The largest absolute Gasteiger partial charge is 0.367 e. The normalized spacial score (nSPS) is 52.2. The number of rotatable bonds is 1. The van der Waals surface area contributed by atoms with E-state index in [4.69, 9.17) is 23.3 Å². The zero-order valence-corrected chi connectivity index (χ0v) is 12.0. The Bertz CT molecular complexity index is 318. The van der Waals surface area contributed by atoms with Gasteiger partial charge in [0.25, 0.3) is 8.53 Å². The molecule has 0 aromatic rings. The van der Waals surface area contributed by atoms with Crippen LogP contribution in [0.2, 0.25) is 0 Å². The third-order valence-electron chi connectivity index (χ3n) is 3.46. The molecular formula is C11H20NO5P. The molecule has 0 N–H and O–H groups in total. The van der Waals surface area contributed by atoms with Crippen LogP contribution in [0.4, 0.5) is 0 Å². The van der Waals surface area contributed by atoms with Crippen molar-refractivity contribution in [3.8, 4) is 0 Å². The Balaban J connectivity index is 1.77. The second-order valence-corrected chi connectivity index (χ2v) is 6.80. The van der Waals surface area contributed by atoms with Crippen molar-refractivity contribution in [1.82, 2.24) is 4.67 Å². The highest BCUT2D eigenvalue weighted by Crippen LogP contribution is 2.54. The monoisotopic (exact) mass is 277 g/mol. The number of nitrogens with zero attached hydrogens (tertiary/aromatic N) is 1. The van der Waals surface area contributed by atoms with Crippen molar-refractivity contribution in [1.29, 1.82) is 0 Å². The molecule has 3 saturated heterocycles. The van der Waals surface area contributed by atoms with Crippen LogP contribution in [-0.2, 0) is 23.3 Å². The molecular weight excluding hydrogens is 257 g/mol. The highest BCUT2D eigenvalue weighted by molar-refractivity contribution is 7.44. The highest BCUT2D eigenvalue weighted by atomic mass is 31.2. The smallest absolute Gasteiger partial charge is 0.259 e. The van der Waals surface area contributed by atoms with Gasteiger partial charge in [0, 0.05) is 0 Å². The molecule has 18 heavy (non-hydrogen) atoms. The second kappa shape index (κ2) is 4.94. The van der Waals surface area contributed by atoms with Crippen LogP contribution in [0.25, 0.3) is 0 Å². The summed E-state index contributed by atoms with van der Waals surface area (Å²) in [7, 11) is 2.92. The van der Waals surface area contributed by atoms with Gasteiger partial charge in [0.2, 0.25) is 0 Å². The maximum atomic E-state index is 6.02. The number of fused-ring (bicyclic) bond motifs is 3. The summed E-state index contributed by atoms with van der Waals surface area (Å²) in [5.74, 6) is 0. The zero-order chi connectivity index (χ0) is 12.9. The predicted octanol–water partition coefficient (Wildman–Crippen LogP) is 1.11. The van der Waals surface area contributed by atoms with E-state index in [0.717, 1.165) is 0 Å². The molecule has 3 fully saturated rings. The first kappa shape index (κ1) is 13.2. The molecule has 4 unspecified atom stereocenters. The summed E-state index contributed by atoms with van der Waals surface area (Å²) in [6.07, 6.45) is -0.466. The topological polar surface area (TPSA) is 49.4 Å². The Morgan fingerprint density at radius 1 is 1.00 bits per heavy atom. The Hall–Kier alpha value is 0.190. The molecule has 3 aliphatic rings. The number of ether oxygens (including phenoxy) is 3. The molecule has 0 aromatic heterocycles. The summed E-state index contributed by atoms with van der Waals surface area (Å²) in [6, 6.07) is 0. The third kappa shape index (κ3) is 2.20. The highest BCUT2D eigenvalue weighted by Gasteiger charge is 2.54. The van der Waals surface area contributed by atoms with Crippen molar-refractivity contribution in [2.75, 3.05) is 20.7 Å². The number of hydrogen-bond donors (Lipinski definition) is 0. The van der Waals surface area contributed by atoms with E-state index < -0.39 is 8.53 Å². The van der Waals surface area contributed by atoms with E-state index in [9.17, 15) is 0 Å². The predicted molar refractivity (Wildman–Crippen MR) is 65.0 cm³/mol. The van der Waals surface area contributed by atoms with Gasteiger partial charge in [0.15, 0.2) is 6.29 Å². The SMILES string of the molecule is CC1OCC2OC(C)[C@H]3OP(N(C)C)O[C@H]3[C@@H]2O1. The fraction of sp³-hybridized carbons (Fsp3) is 1.00. The van der Waals surface area contributed by atoms with Gasteiger partial charge in [-0.05, 0) is 27.9 Å². The van der Waals surface area contributed by atoms with E-state index in [-0.39, 0.29) is 36.8 Å². The van der Waals surface area contributed by atoms with Crippen molar-refractivity contribution in [3.63, 3.8) is 0 Å². The summed E-state index contributed by atoms with van der Waals surface area (Å²) in [4.78, 5) is 0. The molecule has 7 heteroatoms. The first-order chi connectivity index (χ1) is 8.56. The Labute approximate surface area is 108 Å². The Morgan fingerprint density at radius 2 is 1.72 bits per heavy atom. The molecule has 3 heterocycles. The number of hydrogen-bond acceptors (Lipinski definition) is 6. The van der Waals surface area contributed by atoms with Gasteiger partial charge in [-0.2, -0.15) is 0 Å². The van der Waals surface area contributed by atoms with Crippen LogP contribution in [0.3, 0.4) is 0 Å². The molecule has 6 nitrogen and oxygen atoms in total. The minimum Gasteiger partial charge on any atom is -0.367 e. The Morgan fingerprint density at radius 3 is 2.44 bits per heavy atom. The molecule has 0 saturated carbocycles. The van der Waals surface area contributed by atoms with Crippen molar-refractivity contribution in [2.24, 2.45) is 0 Å². The lowest BCUT2D eigenvalue weighted by molar-refractivity contribution is -0.304. The van der Waals surface area contributed by atoms with E-state index in [1.165, 1.54) is 0 Å². The van der Waals surface area contributed by atoms with Crippen LogP contribution in [-0.4, -0.2) is 62.2 Å². The fourth-order valence-electron chi connectivity index (χ4n) is 2.57. The lowest BCUT2D eigenvalue weighted by Gasteiger charge is -2.44. The lowest BCUT2D eigenvalue weighted by Crippen LogP contribution is -2.60. The minimum absolute atomic E-state index is 0.00399. The molecule has 7 atom stereocenters. The first-order valence-electron chi connectivity index (χ1n) is 6.29. The van der Waals surface area contributed by atoms with Crippen LogP contribution in [0, 0.1) is 0 Å².